The molecule has 7 heteroatoms. The molecule has 0 spiro atoms. The van der Waals surface area contributed by atoms with Crippen LogP contribution in [0.3, 0.4) is 0 Å². The number of nitrogens with zero attached hydrogens (tertiary/aromatic N) is 1. The van der Waals surface area contributed by atoms with Crippen molar-refractivity contribution >= 4 is 17.8 Å². The van der Waals surface area contributed by atoms with Gasteiger partial charge in [-0.3, -0.25) is 4.79 Å². The molecule has 0 aromatic rings. The Balaban J connectivity index is 2.17. The lowest BCUT2D eigenvalue weighted by Crippen LogP contribution is -2.60. The maximum Gasteiger partial charge on any atom is 0.343 e. The SMILES string of the molecule is CC(C)COC(=O)C1(C(=O)O)CC(C)(C)CN1C(=O)CNC1CCCCC1. The summed E-state index contributed by atoms with van der Waals surface area (Å²) < 4.78 is 5.29. The Bertz CT molecular complexity index is 569. The fourth-order valence-corrected chi connectivity index (χ4v) is 4.16. The second-order valence-corrected chi connectivity index (χ2v) is 9.19. The van der Waals surface area contributed by atoms with Crippen molar-refractivity contribution in [3.05, 3.63) is 0 Å². The van der Waals surface area contributed by atoms with Gasteiger partial charge < -0.3 is 20.1 Å². The summed E-state index contributed by atoms with van der Waals surface area (Å²) in [4.78, 5) is 39.2. The van der Waals surface area contributed by atoms with Crippen molar-refractivity contribution in [3.8, 4) is 0 Å². The Labute approximate surface area is 161 Å². The number of hydrogen-bond acceptors (Lipinski definition) is 5. The predicted octanol–water partition coefficient (Wildman–Crippen LogP) is 2.19. The molecule has 1 aliphatic heterocycles. The van der Waals surface area contributed by atoms with Gasteiger partial charge in [0.1, 0.15) is 0 Å². The van der Waals surface area contributed by atoms with Gasteiger partial charge in [-0.2, -0.15) is 0 Å². The molecule has 0 bridgehead atoms. The van der Waals surface area contributed by atoms with E-state index >= 15 is 0 Å². The van der Waals surface area contributed by atoms with Gasteiger partial charge in [0, 0.05) is 12.6 Å². The van der Waals surface area contributed by atoms with Crippen LogP contribution in [0.15, 0.2) is 0 Å². The van der Waals surface area contributed by atoms with Crippen LogP contribution in [-0.2, 0) is 19.1 Å². The normalized spacial score (nSPS) is 25.6. The molecular weight excluding hydrogens is 348 g/mol. The Morgan fingerprint density at radius 3 is 2.37 bits per heavy atom. The quantitative estimate of drug-likeness (QED) is 0.518. The number of carbonyl (C=O) groups excluding carboxylic acids is 2. The number of rotatable bonds is 7. The molecule has 0 radical (unpaired) electrons. The lowest BCUT2D eigenvalue weighted by molar-refractivity contribution is -0.174. The summed E-state index contributed by atoms with van der Waals surface area (Å²) in [5.74, 6) is -2.41. The topological polar surface area (TPSA) is 95.9 Å². The van der Waals surface area contributed by atoms with Crippen molar-refractivity contribution in [2.75, 3.05) is 19.7 Å². The largest absolute Gasteiger partial charge is 0.479 e. The minimum absolute atomic E-state index is 0.0488. The third kappa shape index (κ3) is 5.00. The molecule has 1 saturated carbocycles. The molecular formula is C20H34N2O5. The van der Waals surface area contributed by atoms with Gasteiger partial charge in [0.15, 0.2) is 0 Å². The monoisotopic (exact) mass is 382 g/mol. The van der Waals surface area contributed by atoms with Gasteiger partial charge in [-0.05, 0) is 30.6 Å². The number of hydrogen-bond donors (Lipinski definition) is 2. The third-order valence-electron chi connectivity index (χ3n) is 5.47. The smallest absolute Gasteiger partial charge is 0.343 e. The number of esters is 1. The van der Waals surface area contributed by atoms with Gasteiger partial charge in [0.05, 0.1) is 13.2 Å². The lowest BCUT2D eigenvalue weighted by Gasteiger charge is -2.33. The van der Waals surface area contributed by atoms with Crippen molar-refractivity contribution < 1.29 is 24.2 Å². The van der Waals surface area contributed by atoms with E-state index in [2.05, 4.69) is 5.32 Å². The molecule has 1 saturated heterocycles. The molecule has 0 aromatic heterocycles. The van der Waals surface area contributed by atoms with Gasteiger partial charge >= 0.3 is 11.9 Å². The number of likely N-dealkylation sites (tertiary alicyclic amines) is 1. The molecule has 0 aromatic carbocycles. The van der Waals surface area contributed by atoms with Crippen LogP contribution in [0.2, 0.25) is 0 Å². The first kappa shape index (κ1) is 21.7. The first-order valence-electron chi connectivity index (χ1n) is 10.0. The maximum absolute atomic E-state index is 12.9. The zero-order chi connectivity index (χ0) is 20.2. The van der Waals surface area contributed by atoms with Crippen LogP contribution in [-0.4, -0.2) is 59.1 Å². The van der Waals surface area contributed by atoms with Gasteiger partial charge in [-0.1, -0.05) is 47.0 Å². The fourth-order valence-electron chi connectivity index (χ4n) is 4.16. The first-order chi connectivity index (χ1) is 12.6. The molecule has 2 fully saturated rings. The molecule has 1 unspecified atom stereocenters. The summed E-state index contributed by atoms with van der Waals surface area (Å²) in [6.07, 6.45) is 5.61. The summed E-state index contributed by atoms with van der Waals surface area (Å²) in [6, 6.07) is 0.283. The highest BCUT2D eigenvalue weighted by molar-refractivity contribution is 6.08. The summed E-state index contributed by atoms with van der Waals surface area (Å²) in [6.45, 7) is 7.93. The Hall–Kier alpha value is -1.63. The zero-order valence-electron chi connectivity index (χ0n) is 17.0. The molecule has 1 aliphatic carbocycles. The van der Waals surface area contributed by atoms with Crippen molar-refractivity contribution in [1.29, 1.82) is 0 Å². The molecule has 2 N–H and O–H groups in total. The fraction of sp³-hybridized carbons (Fsp3) is 0.850. The lowest BCUT2D eigenvalue weighted by atomic mass is 9.84. The van der Waals surface area contributed by atoms with E-state index in [1.165, 1.54) is 11.3 Å². The van der Waals surface area contributed by atoms with E-state index in [1.54, 1.807) is 0 Å². The Morgan fingerprint density at radius 2 is 1.81 bits per heavy atom. The van der Waals surface area contributed by atoms with E-state index in [-0.39, 0.29) is 44.0 Å². The number of amides is 1. The van der Waals surface area contributed by atoms with Crippen LogP contribution in [0, 0.1) is 11.3 Å². The third-order valence-corrected chi connectivity index (χ3v) is 5.47. The highest BCUT2D eigenvalue weighted by Crippen LogP contribution is 2.42. The summed E-state index contributed by atoms with van der Waals surface area (Å²) in [5, 5.41) is 13.2. The minimum atomic E-state index is -1.94. The second kappa shape index (κ2) is 8.59. The van der Waals surface area contributed by atoms with E-state index in [0.717, 1.165) is 25.7 Å². The highest BCUT2D eigenvalue weighted by Gasteiger charge is 2.62. The van der Waals surface area contributed by atoms with Crippen LogP contribution < -0.4 is 5.32 Å². The Kier molecular flexibility index (Phi) is 6.89. The summed E-state index contributed by atoms with van der Waals surface area (Å²) in [7, 11) is 0. The van der Waals surface area contributed by atoms with Gasteiger partial charge in [0.2, 0.25) is 11.4 Å². The van der Waals surface area contributed by atoms with Crippen LogP contribution in [0.1, 0.15) is 66.2 Å². The van der Waals surface area contributed by atoms with Crippen LogP contribution in [0.5, 0.6) is 0 Å². The van der Waals surface area contributed by atoms with Crippen LogP contribution in [0.4, 0.5) is 0 Å². The van der Waals surface area contributed by atoms with E-state index < -0.39 is 22.9 Å². The van der Waals surface area contributed by atoms with Crippen molar-refractivity contribution in [2.24, 2.45) is 11.3 Å². The first-order valence-corrected chi connectivity index (χ1v) is 10.0. The molecule has 1 heterocycles. The summed E-state index contributed by atoms with van der Waals surface area (Å²) >= 11 is 0. The van der Waals surface area contributed by atoms with Crippen molar-refractivity contribution in [3.63, 3.8) is 0 Å². The minimum Gasteiger partial charge on any atom is -0.479 e. The standard InChI is InChI=1S/C20H34N2O5/c1-14(2)11-27-18(26)20(17(24)25)12-19(3,4)13-22(20)16(23)10-21-15-8-6-5-7-9-15/h14-15,21H,5-13H2,1-4H3,(H,24,25). The summed E-state index contributed by atoms with van der Waals surface area (Å²) in [5.41, 5.74) is -2.42. The van der Waals surface area contributed by atoms with Crippen molar-refractivity contribution in [2.45, 2.75) is 77.8 Å². The molecule has 1 amide bonds. The van der Waals surface area contributed by atoms with E-state index in [4.69, 9.17) is 4.74 Å². The maximum atomic E-state index is 12.9. The van der Waals surface area contributed by atoms with Gasteiger partial charge in [-0.25, -0.2) is 9.59 Å². The zero-order valence-corrected chi connectivity index (χ0v) is 17.0. The molecule has 1 atom stereocenters. The molecule has 7 nitrogen and oxygen atoms in total. The van der Waals surface area contributed by atoms with Crippen LogP contribution in [0.25, 0.3) is 0 Å². The Morgan fingerprint density at radius 1 is 1.19 bits per heavy atom. The highest BCUT2D eigenvalue weighted by atomic mass is 16.5. The molecule has 154 valence electrons. The molecule has 27 heavy (non-hydrogen) atoms. The number of carbonyl (C=O) groups is 3. The number of carboxylic acids is 1. The number of nitrogens with one attached hydrogen (secondary N) is 1. The van der Waals surface area contributed by atoms with Crippen molar-refractivity contribution in [1.82, 2.24) is 10.2 Å². The number of carboxylic acid groups (broad SMARTS) is 1. The molecule has 2 rings (SSSR count). The number of aliphatic carboxylic acids is 1. The molecule has 2 aliphatic rings. The average Bonchev–Trinajstić information content (AvgIpc) is 2.91. The predicted molar refractivity (Wildman–Crippen MR) is 101 cm³/mol. The van der Waals surface area contributed by atoms with E-state index in [1.807, 2.05) is 27.7 Å². The van der Waals surface area contributed by atoms with Crippen LogP contribution >= 0.6 is 0 Å². The number of ether oxygens (including phenoxy) is 1. The van der Waals surface area contributed by atoms with Gasteiger partial charge in [0.25, 0.3) is 0 Å². The average molecular weight is 383 g/mol. The van der Waals surface area contributed by atoms with E-state index in [0.29, 0.717) is 0 Å². The second-order valence-electron chi connectivity index (χ2n) is 9.19. The van der Waals surface area contributed by atoms with Gasteiger partial charge in [-0.15, -0.1) is 0 Å². The van der Waals surface area contributed by atoms with E-state index in [9.17, 15) is 19.5 Å².